The Balaban J connectivity index is 1.44. The number of rotatable bonds is 5. The van der Waals surface area contributed by atoms with Crippen LogP contribution in [0.25, 0.3) is 0 Å². The Morgan fingerprint density at radius 1 is 1.04 bits per heavy atom. The van der Waals surface area contributed by atoms with E-state index < -0.39 is 0 Å². The van der Waals surface area contributed by atoms with E-state index in [2.05, 4.69) is 54.6 Å². The van der Waals surface area contributed by atoms with Gasteiger partial charge in [0.2, 0.25) is 5.91 Å². The minimum absolute atomic E-state index is 0.292. The molecule has 1 aromatic heterocycles. The Bertz CT molecular complexity index is 597. The summed E-state index contributed by atoms with van der Waals surface area (Å²) in [7, 11) is 0. The van der Waals surface area contributed by atoms with Gasteiger partial charge in [0, 0.05) is 32.4 Å². The summed E-state index contributed by atoms with van der Waals surface area (Å²) >= 11 is 0. The van der Waals surface area contributed by atoms with Gasteiger partial charge in [-0.3, -0.25) is 9.69 Å². The van der Waals surface area contributed by atoms with Crippen LogP contribution in [0, 0.1) is 11.8 Å². The van der Waals surface area contributed by atoms with Gasteiger partial charge in [0.05, 0.1) is 6.54 Å². The van der Waals surface area contributed by atoms with Crippen LogP contribution in [0.2, 0.25) is 0 Å². The molecule has 2 aliphatic rings. The van der Waals surface area contributed by atoms with Crippen LogP contribution in [0.3, 0.4) is 0 Å². The zero-order valence-corrected chi connectivity index (χ0v) is 17.5. The Hall–Kier alpha value is -1.62. The van der Waals surface area contributed by atoms with Crippen molar-refractivity contribution >= 4 is 11.7 Å². The van der Waals surface area contributed by atoms with Crippen molar-refractivity contribution in [2.24, 2.45) is 11.8 Å². The van der Waals surface area contributed by atoms with Crippen LogP contribution >= 0.6 is 0 Å². The molecule has 5 nitrogen and oxygen atoms in total. The highest BCUT2D eigenvalue weighted by Gasteiger charge is 2.26. The molecule has 1 amide bonds. The van der Waals surface area contributed by atoms with Gasteiger partial charge in [0.25, 0.3) is 0 Å². The number of amides is 1. The average molecular weight is 373 g/mol. The number of carbonyl (C=O) groups excluding carboxylic acids is 1. The molecule has 27 heavy (non-hydrogen) atoms. The number of piperazine rings is 1. The van der Waals surface area contributed by atoms with Crippen LogP contribution < -0.4 is 4.90 Å². The van der Waals surface area contributed by atoms with Crippen molar-refractivity contribution < 1.29 is 4.79 Å². The fourth-order valence-corrected chi connectivity index (χ4v) is 4.18. The molecule has 0 aliphatic carbocycles. The van der Waals surface area contributed by atoms with E-state index in [9.17, 15) is 4.79 Å². The Kier molecular flexibility index (Phi) is 6.74. The van der Waals surface area contributed by atoms with Crippen LogP contribution in [-0.2, 0) is 4.79 Å². The van der Waals surface area contributed by atoms with Gasteiger partial charge in [0.1, 0.15) is 5.82 Å². The smallest absolute Gasteiger partial charge is 0.236 e. The van der Waals surface area contributed by atoms with Crippen LogP contribution in [0.4, 0.5) is 5.82 Å². The largest absolute Gasteiger partial charge is 0.353 e. The maximum Gasteiger partial charge on any atom is 0.236 e. The van der Waals surface area contributed by atoms with Gasteiger partial charge in [-0.2, -0.15) is 0 Å². The van der Waals surface area contributed by atoms with Crippen LogP contribution in [0.5, 0.6) is 0 Å². The first-order chi connectivity index (χ1) is 12.9. The molecule has 0 radical (unpaired) electrons. The second-order valence-corrected chi connectivity index (χ2v) is 8.83. The number of anilines is 1. The van der Waals surface area contributed by atoms with Gasteiger partial charge < -0.3 is 9.80 Å². The fourth-order valence-electron chi connectivity index (χ4n) is 4.18. The standard InChI is InChI=1S/C22H36N4O/c1-17(2)19-7-9-24(10-8-19)16-22(27)26-13-11-25(12-14-26)21-6-5-20(15-23-21)18(3)4/h5-6,15,17-19H,7-14,16H2,1-4H3. The van der Waals surface area contributed by atoms with Gasteiger partial charge in [-0.15, -0.1) is 0 Å². The van der Waals surface area contributed by atoms with E-state index in [1.54, 1.807) is 0 Å². The lowest BCUT2D eigenvalue weighted by atomic mass is 9.87. The Labute approximate surface area is 164 Å². The minimum Gasteiger partial charge on any atom is -0.353 e. The molecule has 3 rings (SSSR count). The van der Waals surface area contributed by atoms with E-state index in [4.69, 9.17) is 0 Å². The molecule has 2 fully saturated rings. The van der Waals surface area contributed by atoms with Gasteiger partial charge in [0.15, 0.2) is 0 Å². The maximum absolute atomic E-state index is 12.7. The number of carbonyl (C=O) groups is 1. The zero-order chi connectivity index (χ0) is 19.4. The van der Waals surface area contributed by atoms with Crippen molar-refractivity contribution in [2.45, 2.75) is 46.5 Å². The summed E-state index contributed by atoms with van der Waals surface area (Å²) in [6.45, 7) is 15.1. The van der Waals surface area contributed by atoms with Gasteiger partial charge in [-0.05, 0) is 55.3 Å². The summed E-state index contributed by atoms with van der Waals surface area (Å²) in [4.78, 5) is 24.0. The first kappa shape index (κ1) is 20.1. The number of aromatic nitrogens is 1. The highest BCUT2D eigenvalue weighted by atomic mass is 16.2. The molecule has 0 spiro atoms. The fraction of sp³-hybridized carbons (Fsp3) is 0.727. The highest BCUT2D eigenvalue weighted by molar-refractivity contribution is 5.78. The minimum atomic E-state index is 0.292. The number of pyridine rings is 1. The molecular formula is C22H36N4O. The molecule has 0 aromatic carbocycles. The van der Waals surface area contributed by atoms with Crippen LogP contribution in [0.15, 0.2) is 18.3 Å². The van der Waals surface area contributed by atoms with Crippen molar-refractivity contribution in [3.63, 3.8) is 0 Å². The topological polar surface area (TPSA) is 39.7 Å². The van der Waals surface area contributed by atoms with Crippen molar-refractivity contribution in [2.75, 3.05) is 50.7 Å². The molecule has 0 saturated carbocycles. The molecule has 0 unspecified atom stereocenters. The number of likely N-dealkylation sites (tertiary alicyclic amines) is 1. The molecule has 150 valence electrons. The van der Waals surface area contributed by atoms with Gasteiger partial charge >= 0.3 is 0 Å². The molecule has 0 bridgehead atoms. The molecular weight excluding hydrogens is 336 g/mol. The SMILES string of the molecule is CC(C)c1ccc(N2CCN(C(=O)CN3CCC(C(C)C)CC3)CC2)nc1. The van der Waals surface area contributed by atoms with Gasteiger partial charge in [-0.1, -0.05) is 33.8 Å². The third-order valence-electron chi connectivity index (χ3n) is 6.33. The highest BCUT2D eigenvalue weighted by Crippen LogP contribution is 2.24. The zero-order valence-electron chi connectivity index (χ0n) is 17.5. The molecule has 0 atom stereocenters. The van der Waals surface area contributed by atoms with E-state index >= 15 is 0 Å². The Morgan fingerprint density at radius 3 is 2.22 bits per heavy atom. The van der Waals surface area contributed by atoms with E-state index in [1.165, 1.54) is 18.4 Å². The van der Waals surface area contributed by atoms with E-state index in [-0.39, 0.29) is 0 Å². The lowest BCUT2D eigenvalue weighted by molar-refractivity contribution is -0.133. The van der Waals surface area contributed by atoms with Crippen molar-refractivity contribution in [3.05, 3.63) is 23.9 Å². The van der Waals surface area contributed by atoms with E-state index in [0.29, 0.717) is 18.4 Å². The first-order valence-electron chi connectivity index (χ1n) is 10.6. The van der Waals surface area contributed by atoms with Crippen LogP contribution in [-0.4, -0.2) is 66.5 Å². The number of hydrogen-bond acceptors (Lipinski definition) is 4. The normalized spacial score (nSPS) is 19.9. The molecule has 2 saturated heterocycles. The summed E-state index contributed by atoms with van der Waals surface area (Å²) in [6, 6.07) is 4.29. The predicted molar refractivity (Wildman–Crippen MR) is 111 cm³/mol. The predicted octanol–water partition coefficient (Wildman–Crippen LogP) is 3.22. The molecule has 3 heterocycles. The second kappa shape index (κ2) is 9.05. The monoisotopic (exact) mass is 372 g/mol. The first-order valence-corrected chi connectivity index (χ1v) is 10.6. The van der Waals surface area contributed by atoms with Crippen LogP contribution in [0.1, 0.15) is 52.0 Å². The van der Waals surface area contributed by atoms with Crippen molar-refractivity contribution in [1.29, 1.82) is 0 Å². The number of nitrogens with zero attached hydrogens (tertiary/aromatic N) is 4. The average Bonchev–Trinajstić information content (AvgIpc) is 2.68. The summed E-state index contributed by atoms with van der Waals surface area (Å²) in [6.07, 6.45) is 4.45. The van der Waals surface area contributed by atoms with E-state index in [0.717, 1.165) is 56.9 Å². The van der Waals surface area contributed by atoms with Crippen molar-refractivity contribution in [1.82, 2.24) is 14.8 Å². The summed E-state index contributed by atoms with van der Waals surface area (Å²) in [5.74, 6) is 3.42. The summed E-state index contributed by atoms with van der Waals surface area (Å²) in [5.41, 5.74) is 1.27. The van der Waals surface area contributed by atoms with Crippen molar-refractivity contribution in [3.8, 4) is 0 Å². The number of piperidine rings is 1. The third-order valence-corrected chi connectivity index (χ3v) is 6.33. The maximum atomic E-state index is 12.7. The van der Waals surface area contributed by atoms with E-state index in [1.807, 2.05) is 11.1 Å². The molecule has 0 N–H and O–H groups in total. The third kappa shape index (κ3) is 5.22. The molecule has 1 aromatic rings. The Morgan fingerprint density at radius 2 is 1.70 bits per heavy atom. The number of hydrogen-bond donors (Lipinski definition) is 0. The lowest BCUT2D eigenvalue weighted by Crippen LogP contribution is -2.52. The summed E-state index contributed by atoms with van der Waals surface area (Å²) < 4.78 is 0. The lowest BCUT2D eigenvalue weighted by Gasteiger charge is -2.38. The summed E-state index contributed by atoms with van der Waals surface area (Å²) in [5, 5.41) is 0. The quantitative estimate of drug-likeness (QED) is 0.796. The molecule has 5 heteroatoms. The second-order valence-electron chi connectivity index (χ2n) is 8.83. The molecule has 2 aliphatic heterocycles. The van der Waals surface area contributed by atoms with Gasteiger partial charge in [-0.25, -0.2) is 4.98 Å².